The molecule has 78 valence electrons. The number of carbonyl (C=O) groups excluding carboxylic acids is 1. The van der Waals surface area contributed by atoms with Gasteiger partial charge < -0.3 is 5.32 Å². The Bertz CT molecular complexity index is 328. The van der Waals surface area contributed by atoms with Gasteiger partial charge in [0.2, 0.25) is 0 Å². The lowest BCUT2D eigenvalue weighted by atomic mass is 10.1. The minimum atomic E-state index is 0.0567. The average Bonchev–Trinajstić information content (AvgIpc) is 2.45. The van der Waals surface area contributed by atoms with E-state index in [1.54, 1.807) is 11.3 Å². The topological polar surface area (TPSA) is 29.1 Å². The van der Waals surface area contributed by atoms with Gasteiger partial charge in [-0.05, 0) is 32.8 Å². The molecule has 0 unspecified atom stereocenters. The summed E-state index contributed by atoms with van der Waals surface area (Å²) in [6.45, 7) is 8.10. The second kappa shape index (κ2) is 4.60. The Morgan fingerprint density at radius 1 is 1.57 bits per heavy atom. The van der Waals surface area contributed by atoms with Crippen molar-refractivity contribution in [3.05, 3.63) is 21.4 Å². The summed E-state index contributed by atoms with van der Waals surface area (Å²) in [6, 6.07) is 0.201. The second-order valence-corrected chi connectivity index (χ2v) is 4.75. The Morgan fingerprint density at radius 3 is 2.71 bits per heavy atom. The van der Waals surface area contributed by atoms with Crippen molar-refractivity contribution in [2.45, 2.75) is 40.2 Å². The van der Waals surface area contributed by atoms with Gasteiger partial charge in [-0.15, -0.1) is 11.3 Å². The summed E-state index contributed by atoms with van der Waals surface area (Å²) in [7, 11) is 0. The van der Waals surface area contributed by atoms with E-state index in [1.165, 1.54) is 10.4 Å². The number of amides is 1. The van der Waals surface area contributed by atoms with Crippen molar-refractivity contribution in [3.63, 3.8) is 0 Å². The van der Waals surface area contributed by atoms with Gasteiger partial charge >= 0.3 is 0 Å². The van der Waals surface area contributed by atoms with E-state index >= 15 is 0 Å². The molecule has 0 atom stereocenters. The maximum Gasteiger partial charge on any atom is 0.252 e. The zero-order chi connectivity index (χ0) is 10.7. The molecule has 14 heavy (non-hydrogen) atoms. The first kappa shape index (κ1) is 11.2. The lowest BCUT2D eigenvalue weighted by Gasteiger charge is -2.08. The minimum absolute atomic E-state index is 0.0567. The standard InChI is InChI=1S/C11H17NOS/c1-5-9-8(4)14-6-10(9)11(13)12-7(2)3/h6-7H,5H2,1-4H3,(H,12,13). The molecule has 0 saturated heterocycles. The third kappa shape index (κ3) is 2.35. The van der Waals surface area contributed by atoms with Gasteiger partial charge in [-0.3, -0.25) is 4.79 Å². The molecule has 1 amide bonds. The lowest BCUT2D eigenvalue weighted by molar-refractivity contribution is 0.0942. The third-order valence-corrected chi connectivity index (χ3v) is 3.08. The molecule has 2 nitrogen and oxygen atoms in total. The van der Waals surface area contributed by atoms with Crippen LogP contribution in [0.15, 0.2) is 5.38 Å². The smallest absolute Gasteiger partial charge is 0.252 e. The van der Waals surface area contributed by atoms with Crippen LogP contribution in [-0.4, -0.2) is 11.9 Å². The van der Waals surface area contributed by atoms with Gasteiger partial charge in [-0.2, -0.15) is 0 Å². The summed E-state index contributed by atoms with van der Waals surface area (Å²) in [5, 5.41) is 4.87. The Hall–Kier alpha value is -0.830. The van der Waals surface area contributed by atoms with Gasteiger partial charge in [-0.25, -0.2) is 0 Å². The van der Waals surface area contributed by atoms with Crippen LogP contribution in [0.25, 0.3) is 0 Å². The molecule has 1 aromatic rings. The first-order valence-electron chi connectivity index (χ1n) is 4.94. The number of aryl methyl sites for hydroxylation is 1. The molecule has 0 aliphatic heterocycles. The molecule has 0 aliphatic rings. The maximum atomic E-state index is 11.7. The third-order valence-electron chi connectivity index (χ3n) is 2.12. The summed E-state index contributed by atoms with van der Waals surface area (Å²) in [4.78, 5) is 13.0. The van der Waals surface area contributed by atoms with Gasteiger partial charge in [0, 0.05) is 16.3 Å². The van der Waals surface area contributed by atoms with Crippen molar-refractivity contribution in [1.29, 1.82) is 0 Å². The van der Waals surface area contributed by atoms with Crippen molar-refractivity contribution < 1.29 is 4.79 Å². The number of hydrogen-bond donors (Lipinski definition) is 1. The van der Waals surface area contributed by atoms with Gasteiger partial charge in [0.1, 0.15) is 0 Å². The summed E-state index contributed by atoms with van der Waals surface area (Å²) in [5.74, 6) is 0.0567. The predicted molar refractivity (Wildman–Crippen MR) is 61.0 cm³/mol. The Labute approximate surface area is 89.3 Å². The number of thiophene rings is 1. The predicted octanol–water partition coefficient (Wildman–Crippen LogP) is 2.76. The van der Waals surface area contributed by atoms with Crippen LogP contribution in [0.3, 0.4) is 0 Å². The molecule has 0 fully saturated rings. The molecular weight excluding hydrogens is 194 g/mol. The first-order valence-corrected chi connectivity index (χ1v) is 5.82. The van der Waals surface area contributed by atoms with E-state index in [0.29, 0.717) is 0 Å². The molecule has 0 saturated carbocycles. The lowest BCUT2D eigenvalue weighted by Crippen LogP contribution is -2.30. The van der Waals surface area contributed by atoms with Crippen LogP contribution in [-0.2, 0) is 6.42 Å². The zero-order valence-corrected chi connectivity index (χ0v) is 9.99. The molecule has 1 aromatic heterocycles. The maximum absolute atomic E-state index is 11.7. The van der Waals surface area contributed by atoms with Crippen LogP contribution < -0.4 is 5.32 Å². The van der Waals surface area contributed by atoms with Gasteiger partial charge in [0.25, 0.3) is 5.91 Å². The SMILES string of the molecule is CCc1c(C(=O)NC(C)C)csc1C. The van der Waals surface area contributed by atoms with E-state index in [2.05, 4.69) is 19.2 Å². The molecular formula is C11H17NOS. The van der Waals surface area contributed by atoms with E-state index in [0.717, 1.165) is 12.0 Å². The van der Waals surface area contributed by atoms with E-state index in [4.69, 9.17) is 0 Å². The Morgan fingerprint density at radius 2 is 2.21 bits per heavy atom. The van der Waals surface area contributed by atoms with Crippen LogP contribution in [0.5, 0.6) is 0 Å². The fourth-order valence-corrected chi connectivity index (χ4v) is 2.39. The van der Waals surface area contributed by atoms with E-state index in [-0.39, 0.29) is 11.9 Å². The second-order valence-electron chi connectivity index (χ2n) is 3.67. The van der Waals surface area contributed by atoms with Crippen molar-refractivity contribution >= 4 is 17.2 Å². The quantitative estimate of drug-likeness (QED) is 0.818. The largest absolute Gasteiger partial charge is 0.350 e. The number of nitrogens with one attached hydrogen (secondary N) is 1. The van der Waals surface area contributed by atoms with Crippen LogP contribution in [0.4, 0.5) is 0 Å². The highest BCUT2D eigenvalue weighted by molar-refractivity contribution is 7.10. The highest BCUT2D eigenvalue weighted by Gasteiger charge is 2.14. The molecule has 1 N–H and O–H groups in total. The molecule has 3 heteroatoms. The first-order chi connectivity index (χ1) is 6.56. The van der Waals surface area contributed by atoms with E-state index in [9.17, 15) is 4.79 Å². The summed E-state index contributed by atoms with van der Waals surface area (Å²) < 4.78 is 0. The number of carbonyl (C=O) groups is 1. The molecule has 0 bridgehead atoms. The normalized spacial score (nSPS) is 10.6. The number of hydrogen-bond acceptors (Lipinski definition) is 2. The fourth-order valence-electron chi connectivity index (χ4n) is 1.45. The molecule has 1 rings (SSSR count). The number of rotatable bonds is 3. The molecule has 1 heterocycles. The highest BCUT2D eigenvalue weighted by Crippen LogP contribution is 2.22. The van der Waals surface area contributed by atoms with Crippen LogP contribution in [0, 0.1) is 6.92 Å². The summed E-state index contributed by atoms with van der Waals surface area (Å²) in [6.07, 6.45) is 0.927. The monoisotopic (exact) mass is 211 g/mol. The molecule has 0 aliphatic carbocycles. The van der Waals surface area contributed by atoms with E-state index in [1.807, 2.05) is 19.2 Å². The summed E-state index contributed by atoms with van der Waals surface area (Å²) >= 11 is 1.65. The Balaban J connectivity index is 2.89. The van der Waals surface area contributed by atoms with Crippen molar-refractivity contribution in [2.75, 3.05) is 0 Å². The molecule has 0 aromatic carbocycles. The highest BCUT2D eigenvalue weighted by atomic mass is 32.1. The molecule has 0 spiro atoms. The average molecular weight is 211 g/mol. The van der Waals surface area contributed by atoms with Gasteiger partial charge in [-0.1, -0.05) is 6.92 Å². The van der Waals surface area contributed by atoms with Crippen molar-refractivity contribution in [1.82, 2.24) is 5.32 Å². The van der Waals surface area contributed by atoms with Crippen LogP contribution in [0.1, 0.15) is 41.6 Å². The Kier molecular flexibility index (Phi) is 3.69. The minimum Gasteiger partial charge on any atom is -0.350 e. The van der Waals surface area contributed by atoms with Crippen LogP contribution in [0.2, 0.25) is 0 Å². The van der Waals surface area contributed by atoms with Crippen molar-refractivity contribution in [2.24, 2.45) is 0 Å². The van der Waals surface area contributed by atoms with Gasteiger partial charge in [0.15, 0.2) is 0 Å². The molecule has 0 radical (unpaired) electrons. The van der Waals surface area contributed by atoms with Crippen LogP contribution >= 0.6 is 11.3 Å². The van der Waals surface area contributed by atoms with E-state index < -0.39 is 0 Å². The zero-order valence-electron chi connectivity index (χ0n) is 9.18. The van der Waals surface area contributed by atoms with Gasteiger partial charge in [0.05, 0.1) is 5.56 Å². The fraction of sp³-hybridized carbons (Fsp3) is 0.545. The van der Waals surface area contributed by atoms with Crippen molar-refractivity contribution in [3.8, 4) is 0 Å². The summed E-state index contributed by atoms with van der Waals surface area (Å²) in [5.41, 5.74) is 2.04.